The van der Waals surface area contributed by atoms with Crippen LogP contribution in [0.3, 0.4) is 0 Å². The molecule has 0 saturated heterocycles. The van der Waals surface area contributed by atoms with Crippen LogP contribution in [0.25, 0.3) is 11.1 Å². The van der Waals surface area contributed by atoms with Gasteiger partial charge in [-0.3, -0.25) is 4.98 Å². The minimum Gasteiger partial charge on any atom is -0.506 e. The third-order valence-electron chi connectivity index (χ3n) is 2.15. The van der Waals surface area contributed by atoms with Crippen LogP contribution in [0, 0.1) is 0 Å². The van der Waals surface area contributed by atoms with Gasteiger partial charge in [-0.25, -0.2) is 0 Å². The number of rotatable bonds is 2. The molecule has 1 aromatic carbocycles. The molecule has 0 aliphatic rings. The van der Waals surface area contributed by atoms with Gasteiger partial charge in [0.15, 0.2) is 0 Å². The Kier molecular flexibility index (Phi) is 3.10. The topological polar surface area (TPSA) is 42.4 Å². The number of ether oxygens (including phenoxy) is 1. The standard InChI is InChI=1S/C12H8F3NO2/c13-12(14,15)18-11-3-1-8(2-4-11)9-5-10(17)7-16-6-9/h1-7,17H. The normalized spacial score (nSPS) is 11.3. The highest BCUT2D eigenvalue weighted by atomic mass is 19.4. The molecule has 0 bridgehead atoms. The molecule has 0 radical (unpaired) electrons. The highest BCUT2D eigenvalue weighted by molar-refractivity contribution is 5.64. The van der Waals surface area contributed by atoms with Gasteiger partial charge in [-0.2, -0.15) is 0 Å². The van der Waals surface area contributed by atoms with E-state index in [9.17, 15) is 18.3 Å². The Morgan fingerprint density at radius 2 is 1.67 bits per heavy atom. The number of halogens is 3. The van der Waals surface area contributed by atoms with Gasteiger partial charge in [0.1, 0.15) is 11.5 Å². The fourth-order valence-electron chi connectivity index (χ4n) is 1.43. The molecule has 18 heavy (non-hydrogen) atoms. The molecule has 1 aromatic heterocycles. The number of pyridine rings is 1. The first kappa shape index (κ1) is 12.2. The molecule has 0 aliphatic heterocycles. The zero-order chi connectivity index (χ0) is 13.2. The Hall–Kier alpha value is -2.24. The van der Waals surface area contributed by atoms with Gasteiger partial charge in [-0.15, -0.1) is 13.2 Å². The molecule has 0 saturated carbocycles. The van der Waals surface area contributed by atoms with E-state index in [-0.39, 0.29) is 11.5 Å². The van der Waals surface area contributed by atoms with Crippen molar-refractivity contribution in [3.63, 3.8) is 0 Å². The SMILES string of the molecule is Oc1cncc(-c2ccc(OC(F)(F)F)cc2)c1. The van der Waals surface area contributed by atoms with Crippen molar-refractivity contribution < 1.29 is 23.0 Å². The molecule has 6 heteroatoms. The van der Waals surface area contributed by atoms with E-state index in [0.717, 1.165) is 0 Å². The van der Waals surface area contributed by atoms with Crippen molar-refractivity contribution in [3.8, 4) is 22.6 Å². The fraction of sp³-hybridized carbons (Fsp3) is 0.0833. The molecule has 1 heterocycles. The van der Waals surface area contributed by atoms with Crippen molar-refractivity contribution in [2.75, 3.05) is 0 Å². The highest BCUT2D eigenvalue weighted by Gasteiger charge is 2.30. The van der Waals surface area contributed by atoms with Crippen molar-refractivity contribution in [2.24, 2.45) is 0 Å². The van der Waals surface area contributed by atoms with E-state index in [1.54, 1.807) is 0 Å². The monoisotopic (exact) mass is 255 g/mol. The van der Waals surface area contributed by atoms with Crippen molar-refractivity contribution in [2.45, 2.75) is 6.36 Å². The van der Waals surface area contributed by atoms with E-state index in [1.807, 2.05) is 0 Å². The van der Waals surface area contributed by atoms with Gasteiger partial charge >= 0.3 is 6.36 Å². The lowest BCUT2D eigenvalue weighted by Crippen LogP contribution is -2.16. The summed E-state index contributed by atoms with van der Waals surface area (Å²) in [6.07, 6.45) is -1.93. The summed E-state index contributed by atoms with van der Waals surface area (Å²) in [7, 11) is 0. The van der Waals surface area contributed by atoms with Crippen LogP contribution in [0.2, 0.25) is 0 Å². The lowest BCUT2D eigenvalue weighted by molar-refractivity contribution is -0.274. The van der Waals surface area contributed by atoms with Crippen molar-refractivity contribution in [1.82, 2.24) is 4.98 Å². The Morgan fingerprint density at radius 3 is 2.22 bits per heavy atom. The van der Waals surface area contributed by atoms with E-state index >= 15 is 0 Å². The Morgan fingerprint density at radius 1 is 1.00 bits per heavy atom. The average molecular weight is 255 g/mol. The molecule has 1 N–H and O–H groups in total. The second kappa shape index (κ2) is 4.56. The fourth-order valence-corrected chi connectivity index (χ4v) is 1.43. The van der Waals surface area contributed by atoms with E-state index in [2.05, 4.69) is 9.72 Å². The predicted octanol–water partition coefficient (Wildman–Crippen LogP) is 3.35. The molecule has 94 valence electrons. The first-order chi connectivity index (χ1) is 8.44. The van der Waals surface area contributed by atoms with Gasteiger partial charge in [0.2, 0.25) is 0 Å². The molecular weight excluding hydrogens is 247 g/mol. The average Bonchev–Trinajstić information content (AvgIpc) is 2.28. The Balaban J connectivity index is 2.22. The van der Waals surface area contributed by atoms with Gasteiger partial charge < -0.3 is 9.84 Å². The molecular formula is C12H8F3NO2. The second-order valence-corrected chi connectivity index (χ2v) is 3.50. The molecule has 0 unspecified atom stereocenters. The zero-order valence-electron chi connectivity index (χ0n) is 8.98. The summed E-state index contributed by atoms with van der Waals surface area (Å²) < 4.78 is 39.6. The van der Waals surface area contributed by atoms with E-state index in [4.69, 9.17) is 0 Å². The van der Waals surface area contributed by atoms with Crippen LogP contribution in [0.15, 0.2) is 42.7 Å². The van der Waals surface area contributed by atoms with Crippen molar-refractivity contribution in [1.29, 1.82) is 0 Å². The van der Waals surface area contributed by atoms with Gasteiger partial charge in [-0.1, -0.05) is 12.1 Å². The van der Waals surface area contributed by atoms with Gasteiger partial charge in [-0.05, 0) is 23.8 Å². The summed E-state index contributed by atoms with van der Waals surface area (Å²) in [6.45, 7) is 0. The number of hydrogen-bond donors (Lipinski definition) is 1. The summed E-state index contributed by atoms with van der Waals surface area (Å²) in [5.41, 5.74) is 1.24. The lowest BCUT2D eigenvalue weighted by Gasteiger charge is -2.09. The van der Waals surface area contributed by atoms with Gasteiger partial charge in [0, 0.05) is 11.8 Å². The number of nitrogens with zero attached hydrogens (tertiary/aromatic N) is 1. The Bertz CT molecular complexity index is 538. The smallest absolute Gasteiger partial charge is 0.506 e. The molecule has 2 rings (SSSR count). The van der Waals surface area contributed by atoms with Crippen LogP contribution < -0.4 is 4.74 Å². The molecule has 0 fully saturated rings. The largest absolute Gasteiger partial charge is 0.573 e. The first-order valence-corrected chi connectivity index (χ1v) is 4.94. The first-order valence-electron chi connectivity index (χ1n) is 4.94. The number of alkyl halides is 3. The third kappa shape index (κ3) is 3.13. The van der Waals surface area contributed by atoms with Crippen LogP contribution in [0.1, 0.15) is 0 Å². The van der Waals surface area contributed by atoms with Crippen LogP contribution in [-0.4, -0.2) is 16.5 Å². The number of aromatic hydroxyl groups is 1. The summed E-state index contributed by atoms with van der Waals surface area (Å²) >= 11 is 0. The second-order valence-electron chi connectivity index (χ2n) is 3.50. The molecule has 2 aromatic rings. The van der Waals surface area contributed by atoms with Crippen LogP contribution in [0.5, 0.6) is 11.5 Å². The zero-order valence-corrected chi connectivity index (χ0v) is 8.98. The minimum absolute atomic E-state index is 0.0110. The number of hydrogen-bond acceptors (Lipinski definition) is 3. The maximum Gasteiger partial charge on any atom is 0.573 e. The number of benzene rings is 1. The number of aromatic nitrogens is 1. The molecule has 0 atom stereocenters. The summed E-state index contributed by atoms with van der Waals surface area (Å²) in [6, 6.07) is 6.78. The van der Waals surface area contributed by atoms with Gasteiger partial charge in [0.25, 0.3) is 0 Å². The van der Waals surface area contributed by atoms with Gasteiger partial charge in [0.05, 0.1) is 6.20 Å². The van der Waals surface area contributed by atoms with Crippen LogP contribution >= 0.6 is 0 Å². The maximum atomic E-state index is 12.0. The maximum absolute atomic E-state index is 12.0. The summed E-state index contributed by atoms with van der Waals surface area (Å²) in [5, 5.41) is 9.25. The predicted molar refractivity (Wildman–Crippen MR) is 58.0 cm³/mol. The van der Waals surface area contributed by atoms with E-state index < -0.39 is 6.36 Å². The molecule has 0 spiro atoms. The third-order valence-corrected chi connectivity index (χ3v) is 2.15. The lowest BCUT2D eigenvalue weighted by atomic mass is 10.1. The minimum atomic E-state index is -4.70. The molecule has 0 aliphatic carbocycles. The molecule has 3 nitrogen and oxygen atoms in total. The van der Waals surface area contributed by atoms with E-state index in [1.165, 1.54) is 42.7 Å². The summed E-state index contributed by atoms with van der Waals surface area (Å²) in [4.78, 5) is 3.78. The summed E-state index contributed by atoms with van der Waals surface area (Å²) in [5.74, 6) is -0.303. The van der Waals surface area contributed by atoms with Crippen LogP contribution in [0.4, 0.5) is 13.2 Å². The Labute approximate surface area is 100 Å². The van der Waals surface area contributed by atoms with Crippen molar-refractivity contribution in [3.05, 3.63) is 42.7 Å². The quantitative estimate of drug-likeness (QED) is 0.894. The van der Waals surface area contributed by atoms with E-state index in [0.29, 0.717) is 11.1 Å². The molecule has 0 amide bonds. The van der Waals surface area contributed by atoms with Crippen molar-refractivity contribution >= 4 is 0 Å². The highest BCUT2D eigenvalue weighted by Crippen LogP contribution is 2.27. The van der Waals surface area contributed by atoms with Crippen LogP contribution in [-0.2, 0) is 0 Å².